The van der Waals surface area contributed by atoms with Crippen LogP contribution in [-0.2, 0) is 14.3 Å². The lowest BCUT2D eigenvalue weighted by molar-refractivity contribution is -0.205. The Labute approximate surface area is 180 Å². The number of ether oxygens (including phenoxy) is 2. The Balaban J connectivity index is 1.71. The number of hydrogen-bond donors (Lipinski definition) is 6. The van der Waals surface area contributed by atoms with Gasteiger partial charge in [0.05, 0.1) is 17.5 Å². The van der Waals surface area contributed by atoms with Gasteiger partial charge in [0.25, 0.3) is 0 Å². The van der Waals surface area contributed by atoms with Crippen LogP contribution in [0, 0.1) is 5.92 Å². The summed E-state index contributed by atoms with van der Waals surface area (Å²) in [6.07, 6.45) is -2.00. The second kappa shape index (κ2) is 9.97. The molecule has 0 aromatic rings. The Kier molecular flexibility index (Phi) is 8.08. The first-order valence-corrected chi connectivity index (χ1v) is 11.7. The summed E-state index contributed by atoms with van der Waals surface area (Å²) in [5, 5.41) is 36.2. The zero-order valence-corrected chi connectivity index (χ0v) is 18.2. The largest absolute Gasteiger partial charge is 0.388 e. The van der Waals surface area contributed by atoms with Crippen LogP contribution < -0.4 is 16.4 Å². The third-order valence-corrected chi connectivity index (χ3v) is 7.20. The van der Waals surface area contributed by atoms with Crippen molar-refractivity contribution in [2.75, 3.05) is 19.4 Å². The summed E-state index contributed by atoms with van der Waals surface area (Å²) in [5.41, 5.74) is 5.34. The predicted octanol–water partition coefficient (Wildman–Crippen LogP) is -1.64. The van der Waals surface area contributed by atoms with Gasteiger partial charge in [-0.15, -0.1) is 23.4 Å². The molecule has 3 rings (SSSR count). The van der Waals surface area contributed by atoms with E-state index in [2.05, 4.69) is 10.6 Å². The highest BCUT2D eigenvalue weighted by molar-refractivity contribution is 7.99. The van der Waals surface area contributed by atoms with Gasteiger partial charge in [-0.1, -0.05) is 0 Å². The zero-order valence-electron chi connectivity index (χ0n) is 16.6. The fourth-order valence-electron chi connectivity index (χ4n) is 4.41. The molecule has 7 N–H and O–H groups in total. The topological polar surface area (TPSA) is 146 Å². The molecule has 0 aromatic heterocycles. The number of aliphatic hydroxyl groups is 3. The highest BCUT2D eigenvalue weighted by atomic mass is 35.5. The van der Waals surface area contributed by atoms with Gasteiger partial charge in [-0.3, -0.25) is 4.79 Å². The number of carbonyl (C=O) groups is 1. The van der Waals surface area contributed by atoms with Gasteiger partial charge in [-0.05, 0) is 26.0 Å². The summed E-state index contributed by atoms with van der Waals surface area (Å²) < 4.78 is 11.7. The van der Waals surface area contributed by atoms with Crippen LogP contribution in [-0.4, -0.2) is 100 Å². The van der Waals surface area contributed by atoms with Crippen LogP contribution in [0.4, 0.5) is 0 Å². The molecule has 29 heavy (non-hydrogen) atoms. The fourth-order valence-corrected chi connectivity index (χ4v) is 5.30. The van der Waals surface area contributed by atoms with Gasteiger partial charge in [0.15, 0.2) is 0 Å². The lowest BCUT2D eigenvalue weighted by Crippen LogP contribution is -2.65. The standard InChI is InChI=1S/C18H32ClN3O6S/c1-7(19)10(16-13(24)12(23)14(25)18(28-16)29-2)22-17(26)11-15-8(6-21-11)5-9(20)3-4-27-15/h7-16,18,21,23-25H,3-6,20H2,1-2H3,(H,22,26)/t7-,8-,9?,10+,11-,12?,13?,14?,15+,16?,18?/m0/s1. The molecule has 3 saturated heterocycles. The first kappa shape index (κ1) is 23.5. The minimum Gasteiger partial charge on any atom is -0.388 e. The van der Waals surface area contributed by atoms with E-state index in [-0.39, 0.29) is 24.0 Å². The van der Waals surface area contributed by atoms with E-state index in [1.807, 2.05) is 0 Å². The number of hydrogen-bond acceptors (Lipinski definition) is 9. The van der Waals surface area contributed by atoms with Crippen molar-refractivity contribution in [1.29, 1.82) is 0 Å². The maximum absolute atomic E-state index is 13.1. The molecule has 6 unspecified atom stereocenters. The molecule has 0 radical (unpaired) electrons. The summed E-state index contributed by atoms with van der Waals surface area (Å²) in [6, 6.07) is -1.27. The van der Waals surface area contributed by atoms with Crippen LogP contribution in [0.3, 0.4) is 0 Å². The van der Waals surface area contributed by atoms with Crippen molar-refractivity contribution in [1.82, 2.24) is 10.6 Å². The van der Waals surface area contributed by atoms with Crippen LogP contribution in [0.2, 0.25) is 0 Å². The van der Waals surface area contributed by atoms with Crippen molar-refractivity contribution in [2.45, 2.75) is 79.2 Å². The second-order valence-electron chi connectivity index (χ2n) is 8.15. The van der Waals surface area contributed by atoms with Crippen LogP contribution in [0.1, 0.15) is 19.8 Å². The monoisotopic (exact) mass is 453 g/mol. The molecule has 3 aliphatic rings. The van der Waals surface area contributed by atoms with Gasteiger partial charge < -0.3 is 41.2 Å². The third kappa shape index (κ3) is 5.02. The first-order chi connectivity index (χ1) is 13.7. The fraction of sp³-hybridized carbons (Fsp3) is 0.944. The molecule has 0 spiro atoms. The van der Waals surface area contributed by atoms with Crippen molar-refractivity contribution >= 4 is 29.3 Å². The average molecular weight is 454 g/mol. The van der Waals surface area contributed by atoms with Crippen LogP contribution in [0.25, 0.3) is 0 Å². The molecule has 1 amide bonds. The quantitative estimate of drug-likeness (QED) is 0.270. The molecule has 3 heterocycles. The second-order valence-corrected chi connectivity index (χ2v) is 9.78. The zero-order chi connectivity index (χ0) is 21.3. The molecule has 168 valence electrons. The van der Waals surface area contributed by atoms with E-state index in [4.69, 9.17) is 26.8 Å². The van der Waals surface area contributed by atoms with E-state index >= 15 is 0 Å². The number of carbonyl (C=O) groups excluding carboxylic acids is 1. The van der Waals surface area contributed by atoms with Gasteiger partial charge >= 0.3 is 0 Å². The summed E-state index contributed by atoms with van der Waals surface area (Å²) in [6.45, 7) is 2.83. The highest BCUT2D eigenvalue weighted by Crippen LogP contribution is 2.31. The maximum atomic E-state index is 13.1. The number of nitrogens with one attached hydrogen (secondary N) is 2. The summed E-state index contributed by atoms with van der Waals surface area (Å²) in [7, 11) is 0. The Hall–Kier alpha value is -0.170. The lowest BCUT2D eigenvalue weighted by atomic mass is 9.92. The van der Waals surface area contributed by atoms with Gasteiger partial charge in [0.2, 0.25) is 5.91 Å². The van der Waals surface area contributed by atoms with Gasteiger partial charge in [0, 0.05) is 25.1 Å². The molecule has 3 fully saturated rings. The number of alkyl halides is 1. The number of aliphatic hydroxyl groups excluding tert-OH is 3. The van der Waals surface area contributed by atoms with Crippen LogP contribution in [0.15, 0.2) is 0 Å². The normalized spacial score (nSPS) is 45.1. The van der Waals surface area contributed by atoms with E-state index in [9.17, 15) is 20.1 Å². The van der Waals surface area contributed by atoms with E-state index in [1.165, 1.54) is 11.8 Å². The number of fused-ring (bicyclic) bond motifs is 1. The molecule has 0 aliphatic carbocycles. The number of halogens is 1. The Morgan fingerprint density at radius 3 is 2.69 bits per heavy atom. The van der Waals surface area contributed by atoms with Crippen LogP contribution >= 0.6 is 23.4 Å². The molecule has 11 atom stereocenters. The smallest absolute Gasteiger partial charge is 0.240 e. The number of nitrogens with two attached hydrogens (primary N) is 1. The molecular formula is C18H32ClN3O6S. The number of thioether (sulfide) groups is 1. The maximum Gasteiger partial charge on any atom is 0.240 e. The van der Waals surface area contributed by atoms with E-state index in [1.54, 1.807) is 13.2 Å². The minimum absolute atomic E-state index is 0.0615. The first-order valence-electron chi connectivity index (χ1n) is 10.0. The molecule has 0 saturated carbocycles. The van der Waals surface area contributed by atoms with Gasteiger partial charge in [-0.25, -0.2) is 0 Å². The van der Waals surface area contributed by atoms with Crippen molar-refractivity contribution in [3.05, 3.63) is 0 Å². The van der Waals surface area contributed by atoms with E-state index < -0.39 is 47.3 Å². The summed E-state index contributed by atoms with van der Waals surface area (Å²) >= 11 is 7.54. The molecule has 0 bridgehead atoms. The highest BCUT2D eigenvalue weighted by Gasteiger charge is 2.49. The Morgan fingerprint density at radius 1 is 1.31 bits per heavy atom. The Morgan fingerprint density at radius 2 is 2.03 bits per heavy atom. The van der Waals surface area contributed by atoms with Crippen molar-refractivity contribution < 1.29 is 29.6 Å². The SMILES string of the molecule is CSC1OC([C@H](NC(=O)[C@H]2NC[C@@H]3CC(N)CCO[C@H]32)[C@H](C)Cl)C(O)C(O)C1O. The molecule has 3 aliphatic heterocycles. The van der Waals surface area contributed by atoms with Crippen molar-refractivity contribution in [3.8, 4) is 0 Å². The van der Waals surface area contributed by atoms with Crippen LogP contribution in [0.5, 0.6) is 0 Å². The number of rotatable bonds is 5. The molecule has 11 heteroatoms. The predicted molar refractivity (Wildman–Crippen MR) is 110 cm³/mol. The van der Waals surface area contributed by atoms with Gasteiger partial charge in [-0.2, -0.15) is 0 Å². The molecule has 0 aromatic carbocycles. The molecule has 9 nitrogen and oxygen atoms in total. The van der Waals surface area contributed by atoms with Gasteiger partial charge in [0.1, 0.15) is 35.9 Å². The molecular weight excluding hydrogens is 422 g/mol. The van der Waals surface area contributed by atoms with E-state index in [0.29, 0.717) is 13.2 Å². The Bertz CT molecular complexity index is 574. The summed E-state index contributed by atoms with van der Waals surface area (Å²) in [5.74, 6) is -0.146. The summed E-state index contributed by atoms with van der Waals surface area (Å²) in [4.78, 5) is 13.1. The third-order valence-electron chi connectivity index (χ3n) is 6.08. The van der Waals surface area contributed by atoms with E-state index in [0.717, 1.165) is 12.8 Å². The number of amides is 1. The average Bonchev–Trinajstić information content (AvgIpc) is 2.97. The van der Waals surface area contributed by atoms with Crippen molar-refractivity contribution in [3.63, 3.8) is 0 Å². The van der Waals surface area contributed by atoms with Crippen molar-refractivity contribution in [2.24, 2.45) is 11.7 Å². The lowest BCUT2D eigenvalue weighted by Gasteiger charge is -2.44. The minimum atomic E-state index is -1.40.